The van der Waals surface area contributed by atoms with Crippen LogP contribution in [-0.4, -0.2) is 59.6 Å². The Labute approximate surface area is 153 Å². The Kier molecular flexibility index (Phi) is 5.96. The van der Waals surface area contributed by atoms with E-state index in [1.165, 1.54) is 0 Å². The number of fused-ring (bicyclic) bond motifs is 1. The molecular weight excluding hydrogens is 332 g/mol. The number of amides is 2. The number of rotatable bonds is 5. The molecule has 1 aliphatic rings. The third-order valence-corrected chi connectivity index (χ3v) is 4.88. The van der Waals surface area contributed by atoms with Gasteiger partial charge in [0, 0.05) is 18.5 Å². The molecule has 1 aliphatic heterocycles. The van der Waals surface area contributed by atoms with E-state index in [-0.39, 0.29) is 12.6 Å². The van der Waals surface area contributed by atoms with Gasteiger partial charge in [-0.15, -0.1) is 0 Å². The number of carbonyl (C=O) groups excluding carboxylic acids is 1. The van der Waals surface area contributed by atoms with E-state index in [0.29, 0.717) is 45.5 Å². The number of hydrogen-bond acceptors (Lipinski definition) is 4. The largest absolute Gasteiger partial charge is 0.491 e. The van der Waals surface area contributed by atoms with Gasteiger partial charge in [0.2, 0.25) is 0 Å². The maximum atomic E-state index is 12.3. The van der Waals surface area contributed by atoms with E-state index in [1.807, 2.05) is 42.5 Å². The molecule has 26 heavy (non-hydrogen) atoms. The Hall–Kier alpha value is -2.31. The molecule has 2 aromatic rings. The Morgan fingerprint density at radius 1 is 1.15 bits per heavy atom. The summed E-state index contributed by atoms with van der Waals surface area (Å²) in [7, 11) is 0. The summed E-state index contributed by atoms with van der Waals surface area (Å²) >= 11 is 0. The van der Waals surface area contributed by atoms with Crippen LogP contribution >= 0.6 is 0 Å². The molecule has 6 nitrogen and oxygen atoms in total. The fourth-order valence-electron chi connectivity index (χ4n) is 3.29. The van der Waals surface area contributed by atoms with Crippen molar-refractivity contribution in [3.8, 4) is 5.75 Å². The van der Waals surface area contributed by atoms with Crippen LogP contribution in [0.2, 0.25) is 0 Å². The van der Waals surface area contributed by atoms with Gasteiger partial charge in [0.05, 0.1) is 18.8 Å². The van der Waals surface area contributed by atoms with Crippen LogP contribution in [0.15, 0.2) is 42.5 Å². The number of nitrogens with zero attached hydrogens (tertiary/aromatic N) is 1. The molecule has 6 heteroatoms. The minimum Gasteiger partial charge on any atom is -0.491 e. The number of aliphatic hydroxyl groups excluding tert-OH is 1. The van der Waals surface area contributed by atoms with E-state index in [2.05, 4.69) is 5.32 Å². The third-order valence-electron chi connectivity index (χ3n) is 4.88. The molecule has 3 rings (SSSR count). The van der Waals surface area contributed by atoms with Gasteiger partial charge in [0.25, 0.3) is 0 Å². The van der Waals surface area contributed by atoms with Crippen LogP contribution in [0.5, 0.6) is 5.75 Å². The zero-order chi connectivity index (χ0) is 18.4. The van der Waals surface area contributed by atoms with Crippen molar-refractivity contribution in [2.75, 3.05) is 32.8 Å². The van der Waals surface area contributed by atoms with E-state index in [0.717, 1.165) is 16.5 Å². The normalized spacial score (nSPS) is 20.6. The molecule has 0 aromatic heterocycles. The number of benzene rings is 2. The molecule has 140 valence electrons. The summed E-state index contributed by atoms with van der Waals surface area (Å²) < 4.78 is 5.83. The van der Waals surface area contributed by atoms with Gasteiger partial charge in [0.15, 0.2) is 0 Å². The summed E-state index contributed by atoms with van der Waals surface area (Å²) in [5, 5.41) is 24.5. The molecule has 1 atom stereocenters. The highest BCUT2D eigenvalue weighted by Gasteiger charge is 2.30. The highest BCUT2D eigenvalue weighted by Crippen LogP contribution is 2.25. The molecule has 1 unspecified atom stereocenters. The first-order valence-corrected chi connectivity index (χ1v) is 9.08. The summed E-state index contributed by atoms with van der Waals surface area (Å²) in [4.78, 5) is 14.0. The Bertz CT molecular complexity index is 746. The number of hydrogen-bond donors (Lipinski definition) is 3. The van der Waals surface area contributed by atoms with Crippen molar-refractivity contribution >= 4 is 16.8 Å². The molecule has 1 heterocycles. The van der Waals surface area contributed by atoms with Gasteiger partial charge < -0.3 is 25.2 Å². The number of carbonyl (C=O) groups is 1. The molecule has 0 saturated carbocycles. The van der Waals surface area contributed by atoms with Crippen LogP contribution in [-0.2, 0) is 0 Å². The van der Waals surface area contributed by atoms with Crippen molar-refractivity contribution < 1.29 is 19.7 Å². The van der Waals surface area contributed by atoms with Gasteiger partial charge in [-0.3, -0.25) is 0 Å². The molecule has 2 aromatic carbocycles. The van der Waals surface area contributed by atoms with E-state index in [9.17, 15) is 15.0 Å². The van der Waals surface area contributed by atoms with Crippen LogP contribution in [0.3, 0.4) is 0 Å². The zero-order valence-corrected chi connectivity index (χ0v) is 14.9. The molecule has 0 bridgehead atoms. The quantitative estimate of drug-likeness (QED) is 0.715. The topological polar surface area (TPSA) is 82.0 Å². The monoisotopic (exact) mass is 358 g/mol. The summed E-state index contributed by atoms with van der Waals surface area (Å²) in [6.45, 7) is 1.55. The number of likely N-dealkylation sites (tertiary alicyclic amines) is 1. The van der Waals surface area contributed by atoms with Gasteiger partial charge in [0.1, 0.15) is 12.4 Å². The second kappa shape index (κ2) is 8.38. The molecule has 3 N–H and O–H groups in total. The number of nitrogens with one attached hydrogen (secondary N) is 1. The summed E-state index contributed by atoms with van der Waals surface area (Å²) in [6, 6.07) is 13.8. The summed E-state index contributed by atoms with van der Waals surface area (Å²) in [5.74, 6) is 0.806. The van der Waals surface area contributed by atoms with E-state index >= 15 is 0 Å². The van der Waals surface area contributed by atoms with Crippen LogP contribution in [0.25, 0.3) is 10.8 Å². The first kappa shape index (κ1) is 18.5. The number of aliphatic hydroxyl groups is 2. The van der Waals surface area contributed by atoms with Crippen LogP contribution in [0.1, 0.15) is 19.3 Å². The predicted octanol–water partition coefficient (Wildman–Crippen LogP) is 2.14. The molecule has 2 amide bonds. The smallest absolute Gasteiger partial charge is 0.317 e. The van der Waals surface area contributed by atoms with Crippen LogP contribution in [0, 0.1) is 0 Å². The van der Waals surface area contributed by atoms with Crippen molar-refractivity contribution in [3.05, 3.63) is 42.5 Å². The minimum absolute atomic E-state index is 0.159. The van der Waals surface area contributed by atoms with E-state index < -0.39 is 5.60 Å². The van der Waals surface area contributed by atoms with Crippen molar-refractivity contribution in [3.63, 3.8) is 0 Å². The first-order valence-electron chi connectivity index (χ1n) is 9.08. The SMILES string of the molecule is O=C(NCCOc1cccc2ccccc12)N1CCCC(O)(CO)CC1. The first-order chi connectivity index (χ1) is 12.6. The van der Waals surface area contributed by atoms with E-state index in [4.69, 9.17) is 4.74 Å². The Morgan fingerprint density at radius 3 is 2.81 bits per heavy atom. The molecule has 1 saturated heterocycles. The summed E-state index contributed by atoms with van der Waals surface area (Å²) in [5.41, 5.74) is -1.06. The van der Waals surface area contributed by atoms with Gasteiger partial charge >= 0.3 is 6.03 Å². The average Bonchev–Trinajstić information content (AvgIpc) is 2.87. The maximum Gasteiger partial charge on any atom is 0.317 e. The maximum absolute atomic E-state index is 12.3. The third kappa shape index (κ3) is 4.45. The van der Waals surface area contributed by atoms with Crippen molar-refractivity contribution in [2.45, 2.75) is 24.9 Å². The van der Waals surface area contributed by atoms with Gasteiger partial charge in [-0.05, 0) is 30.7 Å². The highest BCUT2D eigenvalue weighted by molar-refractivity contribution is 5.88. The van der Waals surface area contributed by atoms with Gasteiger partial charge in [-0.2, -0.15) is 0 Å². The zero-order valence-electron chi connectivity index (χ0n) is 14.9. The Balaban J connectivity index is 1.47. The molecule has 0 spiro atoms. The number of ether oxygens (including phenoxy) is 1. The fourth-order valence-corrected chi connectivity index (χ4v) is 3.29. The van der Waals surface area contributed by atoms with Gasteiger partial charge in [-0.25, -0.2) is 4.79 Å². The second-order valence-electron chi connectivity index (χ2n) is 6.78. The highest BCUT2D eigenvalue weighted by atomic mass is 16.5. The lowest BCUT2D eigenvalue weighted by Crippen LogP contribution is -2.43. The van der Waals surface area contributed by atoms with Crippen LogP contribution in [0.4, 0.5) is 4.79 Å². The van der Waals surface area contributed by atoms with Crippen molar-refractivity contribution in [1.29, 1.82) is 0 Å². The van der Waals surface area contributed by atoms with Crippen LogP contribution < -0.4 is 10.1 Å². The molecule has 1 fully saturated rings. The predicted molar refractivity (Wildman–Crippen MR) is 100 cm³/mol. The van der Waals surface area contributed by atoms with Crippen molar-refractivity contribution in [1.82, 2.24) is 10.2 Å². The molecule has 0 aliphatic carbocycles. The Morgan fingerprint density at radius 2 is 1.96 bits per heavy atom. The lowest BCUT2D eigenvalue weighted by Gasteiger charge is -2.24. The molecule has 0 radical (unpaired) electrons. The average molecular weight is 358 g/mol. The molecular formula is C20H26N2O4. The second-order valence-corrected chi connectivity index (χ2v) is 6.78. The lowest BCUT2D eigenvalue weighted by atomic mass is 9.96. The van der Waals surface area contributed by atoms with Gasteiger partial charge in [-0.1, -0.05) is 36.4 Å². The lowest BCUT2D eigenvalue weighted by molar-refractivity contribution is -0.0248. The number of urea groups is 1. The summed E-state index contributed by atoms with van der Waals surface area (Å²) in [6.07, 6.45) is 1.58. The van der Waals surface area contributed by atoms with E-state index in [1.54, 1.807) is 4.90 Å². The minimum atomic E-state index is -1.06. The van der Waals surface area contributed by atoms with Crippen molar-refractivity contribution in [2.24, 2.45) is 0 Å². The standard InChI is InChI=1S/C20H26N2O4/c23-15-20(25)9-4-12-22(13-10-20)19(24)21-11-14-26-18-8-3-6-16-5-1-2-7-17(16)18/h1-3,5-8,23,25H,4,9-15H2,(H,21,24). The fraction of sp³-hybridized carbons (Fsp3) is 0.450.